The van der Waals surface area contributed by atoms with Gasteiger partial charge in [-0.15, -0.1) is 0 Å². The molecule has 5 nitrogen and oxygen atoms in total. The molecule has 0 bridgehead atoms. The van der Waals surface area contributed by atoms with E-state index < -0.39 is 0 Å². The van der Waals surface area contributed by atoms with Crippen LogP contribution in [-0.2, 0) is 0 Å². The number of nitrogen functional groups attached to an aromatic ring is 1. The van der Waals surface area contributed by atoms with Crippen molar-refractivity contribution in [1.29, 1.82) is 0 Å². The van der Waals surface area contributed by atoms with Gasteiger partial charge in [-0.2, -0.15) is 4.98 Å². The van der Waals surface area contributed by atoms with Crippen LogP contribution in [0, 0.1) is 0 Å². The Morgan fingerprint density at radius 1 is 1.00 bits per heavy atom. The minimum atomic E-state index is 0.383. The average molecular weight is 238 g/mol. The third-order valence-corrected chi connectivity index (χ3v) is 2.51. The lowest BCUT2D eigenvalue weighted by Crippen LogP contribution is -1.90. The van der Waals surface area contributed by atoms with Crippen molar-refractivity contribution >= 4 is 5.69 Å². The normalized spacial score (nSPS) is 10.4. The summed E-state index contributed by atoms with van der Waals surface area (Å²) in [5, 5.41) is 3.92. The summed E-state index contributed by atoms with van der Waals surface area (Å²) in [4.78, 5) is 8.44. The van der Waals surface area contributed by atoms with Gasteiger partial charge >= 0.3 is 0 Å². The van der Waals surface area contributed by atoms with Crippen LogP contribution in [0.4, 0.5) is 5.69 Å². The molecule has 1 aromatic carbocycles. The first-order valence-corrected chi connectivity index (χ1v) is 5.44. The summed E-state index contributed by atoms with van der Waals surface area (Å²) in [7, 11) is 0. The van der Waals surface area contributed by atoms with Gasteiger partial charge in [0.05, 0.1) is 0 Å². The molecule has 3 aromatic rings. The number of rotatable bonds is 2. The van der Waals surface area contributed by atoms with Gasteiger partial charge in [0, 0.05) is 17.4 Å². The van der Waals surface area contributed by atoms with Crippen molar-refractivity contribution in [3.63, 3.8) is 0 Å². The van der Waals surface area contributed by atoms with E-state index in [1.165, 1.54) is 0 Å². The van der Waals surface area contributed by atoms with Gasteiger partial charge in [0.25, 0.3) is 5.89 Å². The molecule has 2 N–H and O–H groups in total. The molecule has 2 heterocycles. The second-order valence-corrected chi connectivity index (χ2v) is 3.73. The number of hydrogen-bond acceptors (Lipinski definition) is 5. The van der Waals surface area contributed by atoms with Crippen LogP contribution >= 0.6 is 0 Å². The second-order valence-electron chi connectivity index (χ2n) is 3.73. The summed E-state index contributed by atoms with van der Waals surface area (Å²) in [5.41, 5.74) is 7.88. The number of benzene rings is 1. The van der Waals surface area contributed by atoms with Crippen LogP contribution in [0.1, 0.15) is 0 Å². The first-order chi connectivity index (χ1) is 8.84. The van der Waals surface area contributed by atoms with E-state index in [-0.39, 0.29) is 0 Å². The van der Waals surface area contributed by atoms with E-state index in [1.54, 1.807) is 12.3 Å². The van der Waals surface area contributed by atoms with E-state index in [0.717, 1.165) is 5.56 Å². The first-order valence-electron chi connectivity index (χ1n) is 5.44. The van der Waals surface area contributed by atoms with E-state index >= 15 is 0 Å². The van der Waals surface area contributed by atoms with Crippen LogP contribution in [-0.4, -0.2) is 15.1 Å². The SMILES string of the molecule is Nc1ccccc1-c1noc(-c2ccccn2)n1. The molecule has 0 aliphatic carbocycles. The number of aromatic nitrogens is 3. The fourth-order valence-electron chi connectivity index (χ4n) is 1.63. The van der Waals surface area contributed by atoms with Gasteiger partial charge in [0.15, 0.2) is 0 Å². The molecule has 0 radical (unpaired) electrons. The quantitative estimate of drug-likeness (QED) is 0.693. The van der Waals surface area contributed by atoms with E-state index in [9.17, 15) is 0 Å². The van der Waals surface area contributed by atoms with Crippen molar-refractivity contribution in [3.05, 3.63) is 48.7 Å². The lowest BCUT2D eigenvalue weighted by atomic mass is 10.2. The molecule has 0 saturated heterocycles. The Morgan fingerprint density at radius 2 is 1.83 bits per heavy atom. The van der Waals surface area contributed by atoms with Crippen LogP contribution in [0.2, 0.25) is 0 Å². The van der Waals surface area contributed by atoms with Crippen molar-refractivity contribution in [3.8, 4) is 23.0 Å². The van der Waals surface area contributed by atoms with Crippen molar-refractivity contribution in [2.45, 2.75) is 0 Å². The fraction of sp³-hybridized carbons (Fsp3) is 0. The number of pyridine rings is 1. The maximum Gasteiger partial charge on any atom is 0.276 e. The first kappa shape index (κ1) is 10.5. The lowest BCUT2D eigenvalue weighted by Gasteiger charge is -1.97. The minimum Gasteiger partial charge on any atom is -0.398 e. The fourth-order valence-corrected chi connectivity index (χ4v) is 1.63. The summed E-state index contributed by atoms with van der Waals surface area (Å²) in [6.45, 7) is 0. The van der Waals surface area contributed by atoms with Gasteiger partial charge in [-0.25, -0.2) is 0 Å². The second kappa shape index (κ2) is 4.29. The number of nitrogens with zero attached hydrogens (tertiary/aromatic N) is 3. The molecule has 0 unspecified atom stereocenters. The van der Waals surface area contributed by atoms with Crippen molar-refractivity contribution < 1.29 is 4.52 Å². The summed E-state index contributed by atoms with van der Waals surface area (Å²) >= 11 is 0. The van der Waals surface area contributed by atoms with Gasteiger partial charge in [-0.1, -0.05) is 23.4 Å². The average Bonchev–Trinajstić information content (AvgIpc) is 2.90. The van der Waals surface area contributed by atoms with Crippen LogP contribution in [0.25, 0.3) is 23.0 Å². The highest BCUT2D eigenvalue weighted by atomic mass is 16.5. The van der Waals surface area contributed by atoms with E-state index in [0.29, 0.717) is 23.1 Å². The largest absolute Gasteiger partial charge is 0.398 e. The molecule has 0 aliphatic heterocycles. The minimum absolute atomic E-state index is 0.383. The highest BCUT2D eigenvalue weighted by Crippen LogP contribution is 2.24. The van der Waals surface area contributed by atoms with E-state index in [4.69, 9.17) is 10.3 Å². The molecule has 0 aliphatic rings. The number of hydrogen-bond donors (Lipinski definition) is 1. The Hall–Kier alpha value is -2.69. The van der Waals surface area contributed by atoms with E-state index in [2.05, 4.69) is 15.1 Å². The Balaban J connectivity index is 2.03. The smallest absolute Gasteiger partial charge is 0.276 e. The Labute approximate surface area is 103 Å². The zero-order valence-electron chi connectivity index (χ0n) is 9.45. The zero-order valence-corrected chi connectivity index (χ0v) is 9.45. The monoisotopic (exact) mass is 238 g/mol. The summed E-state index contributed by atoms with van der Waals surface area (Å²) < 4.78 is 5.18. The van der Waals surface area contributed by atoms with Gasteiger partial charge in [0.2, 0.25) is 5.82 Å². The summed E-state index contributed by atoms with van der Waals surface area (Å²) in [6, 6.07) is 12.9. The molecule has 0 amide bonds. The molecule has 2 aromatic heterocycles. The van der Waals surface area contributed by atoms with Crippen molar-refractivity contribution in [2.24, 2.45) is 0 Å². The highest BCUT2D eigenvalue weighted by Gasteiger charge is 2.12. The van der Waals surface area contributed by atoms with Crippen molar-refractivity contribution in [1.82, 2.24) is 15.1 Å². The molecule has 0 saturated carbocycles. The van der Waals surface area contributed by atoms with Crippen LogP contribution in [0.15, 0.2) is 53.2 Å². The number of para-hydroxylation sites is 1. The Bertz CT molecular complexity index is 664. The third kappa shape index (κ3) is 1.82. The summed E-state index contributed by atoms with van der Waals surface area (Å²) in [6.07, 6.45) is 1.68. The predicted octanol–water partition coefficient (Wildman–Crippen LogP) is 2.38. The topological polar surface area (TPSA) is 77.8 Å². The van der Waals surface area contributed by atoms with Crippen LogP contribution in [0.3, 0.4) is 0 Å². The van der Waals surface area contributed by atoms with Gasteiger partial charge < -0.3 is 10.3 Å². The molecule has 18 heavy (non-hydrogen) atoms. The highest BCUT2D eigenvalue weighted by molar-refractivity contribution is 5.71. The Morgan fingerprint density at radius 3 is 2.61 bits per heavy atom. The third-order valence-electron chi connectivity index (χ3n) is 2.51. The van der Waals surface area contributed by atoms with Gasteiger partial charge in [-0.05, 0) is 24.3 Å². The molecule has 0 spiro atoms. The molecular formula is C13H10N4O. The van der Waals surface area contributed by atoms with Gasteiger partial charge in [0.1, 0.15) is 5.69 Å². The number of anilines is 1. The standard InChI is InChI=1S/C13H10N4O/c14-10-6-2-1-5-9(10)12-16-13(18-17-12)11-7-3-4-8-15-11/h1-8H,14H2. The summed E-state index contributed by atoms with van der Waals surface area (Å²) in [5.74, 6) is 0.850. The van der Waals surface area contributed by atoms with Crippen molar-refractivity contribution in [2.75, 3.05) is 5.73 Å². The maximum atomic E-state index is 5.86. The molecule has 88 valence electrons. The molecule has 3 rings (SSSR count). The van der Waals surface area contributed by atoms with Crippen LogP contribution in [0.5, 0.6) is 0 Å². The molecular weight excluding hydrogens is 228 g/mol. The van der Waals surface area contributed by atoms with E-state index in [1.807, 2.05) is 36.4 Å². The molecule has 5 heteroatoms. The predicted molar refractivity (Wildman–Crippen MR) is 67.4 cm³/mol. The van der Waals surface area contributed by atoms with Gasteiger partial charge in [-0.3, -0.25) is 4.98 Å². The molecule has 0 atom stereocenters. The lowest BCUT2D eigenvalue weighted by molar-refractivity contribution is 0.431. The maximum absolute atomic E-state index is 5.86. The zero-order chi connectivity index (χ0) is 12.4. The molecule has 0 fully saturated rings. The number of nitrogens with two attached hydrogens (primary N) is 1. The Kier molecular flexibility index (Phi) is 2.49. The van der Waals surface area contributed by atoms with Crippen LogP contribution < -0.4 is 5.73 Å².